The van der Waals surface area contributed by atoms with Crippen LogP contribution in [0.3, 0.4) is 0 Å². The largest absolute Gasteiger partial charge is 0.459 e. The smallest absolute Gasteiger partial charge is 0.336 e. The van der Waals surface area contributed by atoms with Crippen LogP contribution in [0.25, 0.3) is 11.1 Å². The molecule has 31 heavy (non-hydrogen) atoms. The number of benzene rings is 2. The third kappa shape index (κ3) is 6.30. The third-order valence-electron chi connectivity index (χ3n) is 6.48. The van der Waals surface area contributed by atoms with Gasteiger partial charge >= 0.3 is 5.97 Å². The average Bonchev–Trinajstić information content (AvgIpc) is 2.79. The summed E-state index contributed by atoms with van der Waals surface area (Å²) in [5.41, 5.74) is 6.82. The quantitative estimate of drug-likeness (QED) is 0.286. The molecule has 1 aliphatic carbocycles. The molecule has 0 bridgehead atoms. The molecule has 0 spiro atoms. The number of aliphatic hydroxyl groups is 1. The zero-order chi connectivity index (χ0) is 22.2. The molecule has 1 saturated carbocycles. The Balaban J connectivity index is 1.59. The summed E-state index contributed by atoms with van der Waals surface area (Å²) >= 11 is 0. The number of carbonyl (C=O) groups excluding carboxylic acids is 1. The van der Waals surface area contributed by atoms with E-state index in [-0.39, 0.29) is 18.3 Å². The van der Waals surface area contributed by atoms with E-state index in [0.29, 0.717) is 5.92 Å². The van der Waals surface area contributed by atoms with Crippen molar-refractivity contribution in [3.63, 3.8) is 0 Å². The van der Waals surface area contributed by atoms with E-state index in [2.05, 4.69) is 62.9 Å². The number of rotatable bonds is 9. The molecule has 0 amide bonds. The first kappa shape index (κ1) is 23.3. The van der Waals surface area contributed by atoms with E-state index in [1.807, 2.05) is 0 Å². The topological polar surface area (TPSA) is 46.5 Å². The Bertz CT molecular complexity index is 874. The van der Waals surface area contributed by atoms with Crippen molar-refractivity contribution in [1.29, 1.82) is 0 Å². The molecule has 3 nitrogen and oxygen atoms in total. The number of hydrogen-bond donors (Lipinski definition) is 1. The van der Waals surface area contributed by atoms with Gasteiger partial charge in [0.05, 0.1) is 12.2 Å². The zero-order valence-electron chi connectivity index (χ0n) is 19.0. The van der Waals surface area contributed by atoms with Gasteiger partial charge in [-0.25, -0.2) is 4.79 Å². The van der Waals surface area contributed by atoms with Crippen LogP contribution < -0.4 is 0 Å². The van der Waals surface area contributed by atoms with Crippen LogP contribution in [0, 0.1) is 6.92 Å². The third-order valence-corrected chi connectivity index (χ3v) is 6.48. The molecule has 1 N–H and O–H groups in total. The summed E-state index contributed by atoms with van der Waals surface area (Å²) in [5, 5.41) is 9.01. The fraction of sp³-hybridized carbons (Fsp3) is 0.464. The van der Waals surface area contributed by atoms with Crippen LogP contribution in [-0.4, -0.2) is 23.8 Å². The van der Waals surface area contributed by atoms with Crippen molar-refractivity contribution >= 4 is 5.97 Å². The molecular weight excluding hydrogens is 384 g/mol. The molecule has 0 atom stereocenters. The van der Waals surface area contributed by atoms with Crippen LogP contribution in [0.5, 0.6) is 0 Å². The number of carbonyl (C=O) groups is 1. The van der Waals surface area contributed by atoms with Crippen molar-refractivity contribution in [2.75, 3.05) is 6.61 Å². The van der Waals surface area contributed by atoms with Crippen LogP contribution in [0.15, 0.2) is 54.6 Å². The minimum atomic E-state index is -0.470. The monoisotopic (exact) mass is 420 g/mol. The van der Waals surface area contributed by atoms with Crippen molar-refractivity contribution in [1.82, 2.24) is 0 Å². The average molecular weight is 421 g/mol. The Kier molecular flexibility index (Phi) is 8.48. The minimum Gasteiger partial charge on any atom is -0.459 e. The van der Waals surface area contributed by atoms with Gasteiger partial charge in [-0.3, -0.25) is 0 Å². The van der Waals surface area contributed by atoms with Gasteiger partial charge in [-0.2, -0.15) is 0 Å². The highest BCUT2D eigenvalue weighted by atomic mass is 16.5. The molecule has 0 radical (unpaired) electrons. The Morgan fingerprint density at radius 2 is 1.77 bits per heavy atom. The zero-order valence-corrected chi connectivity index (χ0v) is 19.0. The van der Waals surface area contributed by atoms with Gasteiger partial charge in [0.2, 0.25) is 0 Å². The van der Waals surface area contributed by atoms with Crippen LogP contribution in [0.4, 0.5) is 0 Å². The van der Waals surface area contributed by atoms with Gasteiger partial charge in [-0.15, -0.1) is 0 Å². The SMILES string of the molecule is C=C(CO)C(=O)OC1CCC(c2ccc(-c3ccc(CCCCC)cc3)c(C)c2)CC1. The van der Waals surface area contributed by atoms with Crippen molar-refractivity contribution in [2.45, 2.75) is 77.2 Å². The number of esters is 1. The summed E-state index contributed by atoms with van der Waals surface area (Å²) in [6, 6.07) is 15.9. The Labute approximate surface area is 187 Å². The lowest BCUT2D eigenvalue weighted by Crippen LogP contribution is -2.25. The highest BCUT2D eigenvalue weighted by molar-refractivity contribution is 5.88. The fourth-order valence-corrected chi connectivity index (χ4v) is 4.51. The second-order valence-corrected chi connectivity index (χ2v) is 8.87. The summed E-state index contributed by atoms with van der Waals surface area (Å²) in [6.45, 7) is 7.63. The van der Waals surface area contributed by atoms with E-state index < -0.39 is 5.97 Å². The standard InChI is InChI=1S/C28H36O3/c1-4-5-6-7-22-8-10-24(11-9-22)27-17-14-25(18-20(27)2)23-12-15-26(16-13-23)31-28(30)21(3)19-29/h8-11,14,17-18,23,26,29H,3-7,12-13,15-16,19H2,1-2H3. The normalized spacial score (nSPS) is 18.5. The van der Waals surface area contributed by atoms with E-state index in [1.54, 1.807) is 0 Å². The van der Waals surface area contributed by atoms with Crippen LogP contribution in [0.2, 0.25) is 0 Å². The van der Waals surface area contributed by atoms with Gasteiger partial charge in [0.25, 0.3) is 0 Å². The number of unbranched alkanes of at least 4 members (excludes halogenated alkanes) is 2. The predicted octanol–water partition coefficient (Wildman–Crippen LogP) is 6.51. The molecule has 0 saturated heterocycles. The molecule has 0 heterocycles. The summed E-state index contributed by atoms with van der Waals surface area (Å²) < 4.78 is 5.47. The van der Waals surface area contributed by atoms with E-state index >= 15 is 0 Å². The number of aliphatic hydroxyl groups excluding tert-OH is 1. The molecule has 2 aromatic carbocycles. The molecule has 0 aromatic heterocycles. The van der Waals surface area contributed by atoms with E-state index in [4.69, 9.17) is 9.84 Å². The first-order chi connectivity index (χ1) is 15.0. The Hall–Kier alpha value is -2.39. The maximum Gasteiger partial charge on any atom is 0.336 e. The van der Waals surface area contributed by atoms with Gasteiger partial charge < -0.3 is 9.84 Å². The maximum absolute atomic E-state index is 11.8. The summed E-state index contributed by atoms with van der Waals surface area (Å²) in [4.78, 5) is 11.8. The van der Waals surface area contributed by atoms with E-state index in [0.717, 1.165) is 32.1 Å². The number of ether oxygens (including phenoxy) is 1. The highest BCUT2D eigenvalue weighted by Gasteiger charge is 2.25. The van der Waals surface area contributed by atoms with Gasteiger partial charge in [-0.1, -0.05) is 68.8 Å². The second-order valence-electron chi connectivity index (χ2n) is 8.87. The summed E-state index contributed by atoms with van der Waals surface area (Å²) in [5.74, 6) is 0.0345. The number of hydrogen-bond acceptors (Lipinski definition) is 3. The molecule has 3 heteroatoms. The Morgan fingerprint density at radius 1 is 1.06 bits per heavy atom. The first-order valence-corrected chi connectivity index (χ1v) is 11.7. The second kappa shape index (κ2) is 11.3. The Morgan fingerprint density at radius 3 is 2.39 bits per heavy atom. The molecule has 1 fully saturated rings. The molecule has 1 aliphatic rings. The molecule has 2 aromatic rings. The van der Waals surface area contributed by atoms with E-state index in [1.165, 1.54) is 47.1 Å². The van der Waals surface area contributed by atoms with Crippen LogP contribution >= 0.6 is 0 Å². The summed E-state index contributed by atoms with van der Waals surface area (Å²) in [7, 11) is 0. The van der Waals surface area contributed by atoms with Gasteiger partial charge in [0.1, 0.15) is 6.10 Å². The lowest BCUT2D eigenvalue weighted by atomic mass is 9.81. The van der Waals surface area contributed by atoms with E-state index in [9.17, 15) is 4.79 Å². The van der Waals surface area contributed by atoms with Crippen molar-refractivity contribution in [2.24, 2.45) is 0 Å². The maximum atomic E-state index is 11.8. The number of aryl methyl sites for hydroxylation is 2. The van der Waals surface area contributed by atoms with Gasteiger partial charge in [-0.05, 0) is 79.2 Å². The fourth-order valence-electron chi connectivity index (χ4n) is 4.51. The lowest BCUT2D eigenvalue weighted by Gasteiger charge is -2.29. The van der Waals surface area contributed by atoms with Gasteiger partial charge in [0.15, 0.2) is 0 Å². The van der Waals surface area contributed by atoms with Crippen LogP contribution in [0.1, 0.15) is 74.5 Å². The van der Waals surface area contributed by atoms with Gasteiger partial charge in [0, 0.05) is 0 Å². The summed E-state index contributed by atoms with van der Waals surface area (Å²) in [6.07, 6.45) is 8.65. The molecular formula is C28H36O3. The van der Waals surface area contributed by atoms with Crippen molar-refractivity contribution < 1.29 is 14.6 Å². The lowest BCUT2D eigenvalue weighted by molar-refractivity contribution is -0.146. The highest BCUT2D eigenvalue weighted by Crippen LogP contribution is 2.36. The molecule has 0 unspecified atom stereocenters. The van der Waals surface area contributed by atoms with Crippen molar-refractivity contribution in [3.8, 4) is 11.1 Å². The van der Waals surface area contributed by atoms with Crippen molar-refractivity contribution in [3.05, 3.63) is 71.3 Å². The first-order valence-electron chi connectivity index (χ1n) is 11.7. The molecule has 3 rings (SSSR count). The minimum absolute atomic E-state index is 0.0664. The molecule has 166 valence electrons. The van der Waals surface area contributed by atoms with Crippen LogP contribution in [-0.2, 0) is 16.0 Å². The molecule has 0 aliphatic heterocycles. The predicted molar refractivity (Wildman–Crippen MR) is 127 cm³/mol.